The maximum Gasteiger partial charge on any atom is 0.254 e. The molecule has 2 heterocycles. The molecule has 0 atom stereocenters. The molecular weight excluding hydrogens is 626 g/mol. The Balaban J connectivity index is 1.01. The summed E-state index contributed by atoms with van der Waals surface area (Å²) in [6, 6.07) is 15.3. The van der Waals surface area contributed by atoms with Crippen LogP contribution in [-0.2, 0) is 40.2 Å². The van der Waals surface area contributed by atoms with Crippen LogP contribution in [0.4, 0.5) is 5.69 Å². The summed E-state index contributed by atoms with van der Waals surface area (Å²) in [5, 5.41) is 5.06. The number of fused-ring (bicyclic) bond motifs is 2. The van der Waals surface area contributed by atoms with Crippen LogP contribution in [0.5, 0.6) is 0 Å². The second kappa shape index (κ2) is 17.9. The number of hydrogen-bond donors (Lipinski definition) is 2. The van der Waals surface area contributed by atoms with E-state index in [1.807, 2.05) is 48.5 Å². The molecule has 248 valence electrons. The van der Waals surface area contributed by atoms with Gasteiger partial charge in [0.25, 0.3) is 5.91 Å². The maximum atomic E-state index is 13.2. The molecule has 0 unspecified atom stereocenters. The highest BCUT2D eigenvalue weighted by Gasteiger charge is 2.21. The van der Waals surface area contributed by atoms with Crippen LogP contribution in [-0.4, -0.2) is 95.1 Å². The van der Waals surface area contributed by atoms with Crippen molar-refractivity contribution >= 4 is 33.2 Å². The molecule has 14 heteroatoms. The molecule has 13 nitrogen and oxygen atoms in total. The highest BCUT2D eigenvalue weighted by molar-refractivity contribution is 7.90. The van der Waals surface area contributed by atoms with Crippen molar-refractivity contribution in [1.82, 2.24) is 20.6 Å². The number of carbonyl (C=O) groups excluding carboxylic acids is 3. The first-order chi connectivity index (χ1) is 22.7. The number of hydrogen-bond acceptors (Lipinski definition) is 10. The van der Waals surface area contributed by atoms with Gasteiger partial charge in [-0.15, -0.1) is 0 Å². The summed E-state index contributed by atoms with van der Waals surface area (Å²) >= 11 is 0. The normalized spacial score (nSPS) is 12.1. The number of nitrogens with zero attached hydrogens (tertiary/aromatic N) is 3. The Morgan fingerprint density at radius 1 is 0.787 bits per heavy atom. The first-order valence-electron chi connectivity index (χ1n) is 15.0. The van der Waals surface area contributed by atoms with Crippen molar-refractivity contribution in [2.24, 2.45) is 0 Å². The van der Waals surface area contributed by atoms with Gasteiger partial charge in [-0.05, 0) is 23.8 Å². The van der Waals surface area contributed by atoms with Gasteiger partial charge >= 0.3 is 0 Å². The third-order valence-electron chi connectivity index (χ3n) is 6.81. The SMILES string of the molecule is CS(=O)(=O)c1ncc(C(=O)NCCOCCOCCOCCNC(=O)CCC(=O)N2Cc3ccccc3C#Cc3ccccc32)cn1. The molecule has 47 heavy (non-hydrogen) atoms. The van der Waals surface area contributed by atoms with Gasteiger partial charge in [0, 0.05) is 55.7 Å². The third-order valence-corrected chi connectivity index (χ3v) is 7.68. The Labute approximate surface area is 273 Å². The number of rotatable bonds is 17. The zero-order valence-corrected chi connectivity index (χ0v) is 26.9. The Bertz CT molecular complexity index is 1700. The summed E-state index contributed by atoms with van der Waals surface area (Å²) in [4.78, 5) is 46.7. The fraction of sp³-hybridized carbons (Fsp3) is 0.364. The van der Waals surface area contributed by atoms with Gasteiger partial charge in [0.05, 0.1) is 57.4 Å². The molecule has 2 N–H and O–H groups in total. The second-order valence-corrected chi connectivity index (χ2v) is 12.3. The van der Waals surface area contributed by atoms with Gasteiger partial charge < -0.3 is 29.7 Å². The molecule has 1 aliphatic rings. The summed E-state index contributed by atoms with van der Waals surface area (Å²) in [5.74, 6) is 5.54. The molecule has 0 spiro atoms. The van der Waals surface area contributed by atoms with E-state index in [1.54, 1.807) is 4.90 Å². The Morgan fingerprint density at radius 3 is 2.04 bits per heavy atom. The molecule has 0 fully saturated rings. The van der Waals surface area contributed by atoms with Gasteiger partial charge in [0.15, 0.2) is 0 Å². The van der Waals surface area contributed by atoms with Crippen LogP contribution in [0.25, 0.3) is 0 Å². The minimum atomic E-state index is -3.53. The lowest BCUT2D eigenvalue weighted by Gasteiger charge is -2.26. The number of ether oxygens (including phenoxy) is 3. The first kappa shape index (κ1) is 35.2. The second-order valence-electron chi connectivity index (χ2n) is 10.4. The number of nitrogens with one attached hydrogen (secondary N) is 2. The molecule has 3 amide bonds. The molecule has 0 saturated heterocycles. The van der Waals surface area contributed by atoms with Crippen molar-refractivity contribution < 1.29 is 37.0 Å². The van der Waals surface area contributed by atoms with Crippen LogP contribution in [0.3, 0.4) is 0 Å². The van der Waals surface area contributed by atoms with Crippen molar-refractivity contribution in [2.45, 2.75) is 24.5 Å². The molecule has 1 aromatic heterocycles. The van der Waals surface area contributed by atoms with Crippen molar-refractivity contribution in [3.05, 3.63) is 83.2 Å². The van der Waals surface area contributed by atoms with Crippen LogP contribution in [0, 0.1) is 11.8 Å². The van der Waals surface area contributed by atoms with Crippen molar-refractivity contribution in [3.63, 3.8) is 0 Å². The van der Waals surface area contributed by atoms with Crippen LogP contribution in [0.2, 0.25) is 0 Å². The number of para-hydroxylation sites is 1. The standard InChI is InChI=1S/C33H37N5O8S/c1-47(42,43)33-36-22-28(23-37-33)32(41)35-15-17-45-19-21-46-20-18-44-16-14-34-30(39)12-13-31(40)38-24-27-8-3-2-6-25(27)10-11-26-7-4-5-9-29(26)38/h2-9,22-23H,12-21,24H2,1H3,(H,34,39)(H,35,41). The van der Waals surface area contributed by atoms with Crippen molar-refractivity contribution in [1.29, 1.82) is 0 Å². The molecule has 4 rings (SSSR count). The molecule has 0 bridgehead atoms. The zero-order valence-electron chi connectivity index (χ0n) is 26.1. The molecule has 0 saturated carbocycles. The summed E-state index contributed by atoms with van der Waals surface area (Å²) in [6.45, 7) is 2.83. The highest BCUT2D eigenvalue weighted by Crippen LogP contribution is 2.26. The first-order valence-corrected chi connectivity index (χ1v) is 16.9. The summed E-state index contributed by atoms with van der Waals surface area (Å²) in [5.41, 5.74) is 3.48. The fourth-order valence-electron chi connectivity index (χ4n) is 4.42. The van der Waals surface area contributed by atoms with E-state index in [0.717, 1.165) is 41.0 Å². The quantitative estimate of drug-likeness (QED) is 0.123. The monoisotopic (exact) mass is 663 g/mol. The van der Waals surface area contributed by atoms with Gasteiger partial charge in [0.1, 0.15) is 0 Å². The van der Waals surface area contributed by atoms with E-state index < -0.39 is 15.7 Å². The maximum absolute atomic E-state index is 13.2. The molecule has 3 aromatic rings. The van der Waals surface area contributed by atoms with Gasteiger partial charge in [-0.3, -0.25) is 14.4 Å². The van der Waals surface area contributed by atoms with Crippen LogP contribution < -0.4 is 15.5 Å². The summed E-state index contributed by atoms with van der Waals surface area (Å²) < 4.78 is 39.1. The van der Waals surface area contributed by atoms with Gasteiger partial charge in [0.2, 0.25) is 26.8 Å². The van der Waals surface area contributed by atoms with Crippen LogP contribution >= 0.6 is 0 Å². The number of aromatic nitrogens is 2. The molecule has 1 aliphatic heterocycles. The average molecular weight is 664 g/mol. The lowest BCUT2D eigenvalue weighted by Crippen LogP contribution is -2.34. The molecule has 0 radical (unpaired) electrons. The lowest BCUT2D eigenvalue weighted by atomic mass is 10.0. The van der Waals surface area contributed by atoms with E-state index >= 15 is 0 Å². The van der Waals surface area contributed by atoms with E-state index in [1.165, 1.54) is 0 Å². The van der Waals surface area contributed by atoms with Gasteiger partial charge in [-0.2, -0.15) is 0 Å². The Kier molecular flexibility index (Phi) is 13.4. The minimum absolute atomic E-state index is 0.0600. The molecular formula is C33H37N5O8S. The van der Waals surface area contributed by atoms with E-state index in [2.05, 4.69) is 32.4 Å². The van der Waals surface area contributed by atoms with E-state index in [9.17, 15) is 22.8 Å². The predicted octanol–water partition coefficient (Wildman–Crippen LogP) is 1.50. The number of anilines is 1. The topological polar surface area (TPSA) is 166 Å². The minimum Gasteiger partial charge on any atom is -0.377 e. The van der Waals surface area contributed by atoms with Crippen LogP contribution in [0.15, 0.2) is 66.1 Å². The van der Waals surface area contributed by atoms with Crippen molar-refractivity contribution in [3.8, 4) is 11.8 Å². The number of sulfone groups is 1. The van der Waals surface area contributed by atoms with Gasteiger partial charge in [-0.1, -0.05) is 42.2 Å². The number of benzene rings is 2. The highest BCUT2D eigenvalue weighted by atomic mass is 32.2. The molecule has 0 aliphatic carbocycles. The van der Waals surface area contributed by atoms with E-state index in [0.29, 0.717) is 46.1 Å². The van der Waals surface area contributed by atoms with Crippen LogP contribution in [0.1, 0.15) is 39.9 Å². The number of amides is 3. The largest absolute Gasteiger partial charge is 0.377 e. The van der Waals surface area contributed by atoms with E-state index in [-0.39, 0.29) is 48.5 Å². The lowest BCUT2D eigenvalue weighted by molar-refractivity contribution is -0.125. The van der Waals surface area contributed by atoms with Crippen molar-refractivity contribution in [2.75, 3.05) is 63.9 Å². The summed E-state index contributed by atoms with van der Waals surface area (Å²) in [6.07, 6.45) is 3.42. The Morgan fingerprint density at radius 2 is 1.36 bits per heavy atom. The average Bonchev–Trinajstić information content (AvgIpc) is 3.06. The van der Waals surface area contributed by atoms with Gasteiger partial charge in [-0.25, -0.2) is 18.4 Å². The zero-order chi connectivity index (χ0) is 33.5. The smallest absolute Gasteiger partial charge is 0.254 e. The third kappa shape index (κ3) is 11.3. The molecule has 2 aromatic carbocycles. The Hall–Kier alpha value is -4.68. The summed E-state index contributed by atoms with van der Waals surface area (Å²) in [7, 11) is -3.53. The van der Waals surface area contributed by atoms with E-state index in [4.69, 9.17) is 14.2 Å². The predicted molar refractivity (Wildman–Crippen MR) is 172 cm³/mol. The fourth-order valence-corrected chi connectivity index (χ4v) is 4.91. The number of carbonyl (C=O) groups is 3.